The van der Waals surface area contributed by atoms with E-state index in [-0.39, 0.29) is 29.6 Å². The summed E-state index contributed by atoms with van der Waals surface area (Å²) >= 11 is 0. The van der Waals surface area contributed by atoms with E-state index in [0.29, 0.717) is 24.8 Å². The fourth-order valence-corrected chi connectivity index (χ4v) is 5.66. The van der Waals surface area contributed by atoms with Crippen molar-refractivity contribution >= 4 is 26.8 Å². The molecule has 1 aromatic carbocycles. The summed E-state index contributed by atoms with van der Waals surface area (Å²) < 4.78 is 35.9. The second-order valence-electron chi connectivity index (χ2n) is 9.79. The van der Waals surface area contributed by atoms with Crippen molar-refractivity contribution in [3.63, 3.8) is 0 Å². The quantitative estimate of drug-likeness (QED) is 0.569. The topological polar surface area (TPSA) is 120 Å². The number of likely N-dealkylation sites (tertiary alicyclic amines) is 1. The highest BCUT2D eigenvalue weighted by molar-refractivity contribution is 7.92. The van der Waals surface area contributed by atoms with E-state index in [0.717, 1.165) is 29.3 Å². The zero-order valence-corrected chi connectivity index (χ0v) is 19.7. The number of amides is 1. The van der Waals surface area contributed by atoms with Gasteiger partial charge in [0.15, 0.2) is 15.7 Å². The smallest absolute Gasteiger partial charge is 0.410 e. The number of fused-ring (bicyclic) bond motifs is 1. The minimum atomic E-state index is -2.95. The van der Waals surface area contributed by atoms with E-state index in [1.165, 1.54) is 0 Å². The fourth-order valence-electron chi connectivity index (χ4n) is 4.31. The molecule has 0 saturated carbocycles. The lowest BCUT2D eigenvalue weighted by molar-refractivity contribution is 0.0202. The third-order valence-electron chi connectivity index (χ3n) is 6.04. The first kappa shape index (κ1) is 21.9. The molecule has 0 aliphatic carbocycles. The normalized spacial score (nSPS) is 19.5. The van der Waals surface area contributed by atoms with Crippen LogP contribution in [0.4, 0.5) is 4.79 Å². The molecule has 2 aromatic heterocycles. The Balaban J connectivity index is 1.29. The molecule has 11 heteroatoms. The van der Waals surface area contributed by atoms with Crippen LogP contribution in [-0.4, -0.2) is 69.5 Å². The molecular formula is C22H27N5O5S. The first-order chi connectivity index (χ1) is 15.6. The molecule has 2 saturated heterocycles. The molecule has 10 nitrogen and oxygen atoms in total. The second-order valence-corrected chi connectivity index (χ2v) is 11.9. The van der Waals surface area contributed by atoms with E-state index >= 15 is 0 Å². The lowest BCUT2D eigenvalue weighted by Crippen LogP contribution is -2.41. The molecule has 4 heterocycles. The third kappa shape index (κ3) is 4.46. The number of nitrogens with zero attached hydrogens (tertiary/aromatic N) is 5. The highest BCUT2D eigenvalue weighted by atomic mass is 32.2. The van der Waals surface area contributed by atoms with Crippen molar-refractivity contribution in [3.8, 4) is 11.5 Å². The van der Waals surface area contributed by atoms with Gasteiger partial charge >= 0.3 is 6.09 Å². The predicted octanol–water partition coefficient (Wildman–Crippen LogP) is 3.17. The number of piperidine rings is 1. The van der Waals surface area contributed by atoms with Crippen LogP contribution < -0.4 is 0 Å². The molecule has 176 valence electrons. The summed E-state index contributed by atoms with van der Waals surface area (Å²) in [6, 6.07) is 5.59. The maximum Gasteiger partial charge on any atom is 0.410 e. The minimum absolute atomic E-state index is 0.107. The van der Waals surface area contributed by atoms with Gasteiger partial charge in [0.25, 0.3) is 5.89 Å². The van der Waals surface area contributed by atoms with Crippen LogP contribution in [0.25, 0.3) is 22.4 Å². The standard InChI is InChI=1S/C22H27N5O5S/c1-22(2,3)31-21(28)26-8-6-14(7-9-26)19-24-20(32-25-19)15-4-5-16-11-23-27(18(16)10-15)17-12-33(29,30)13-17/h4-5,10-11,14,17H,6-9,12-13H2,1-3H3. The van der Waals surface area contributed by atoms with Crippen LogP contribution in [0.15, 0.2) is 28.9 Å². The van der Waals surface area contributed by atoms with Gasteiger partial charge in [-0.05, 0) is 45.7 Å². The summed E-state index contributed by atoms with van der Waals surface area (Å²) in [5.74, 6) is 1.38. The van der Waals surface area contributed by atoms with E-state index in [4.69, 9.17) is 9.26 Å². The number of aromatic nitrogens is 4. The number of benzene rings is 1. The number of hydrogen-bond acceptors (Lipinski definition) is 8. The molecule has 0 bridgehead atoms. The predicted molar refractivity (Wildman–Crippen MR) is 120 cm³/mol. The highest BCUT2D eigenvalue weighted by Gasteiger charge is 2.36. The molecule has 33 heavy (non-hydrogen) atoms. The molecule has 5 rings (SSSR count). The zero-order chi connectivity index (χ0) is 23.4. The van der Waals surface area contributed by atoms with Gasteiger partial charge in [-0.25, -0.2) is 13.2 Å². The summed E-state index contributed by atoms with van der Waals surface area (Å²) in [5.41, 5.74) is 1.09. The number of sulfone groups is 1. The Hall–Kier alpha value is -2.95. The molecule has 2 aliphatic rings. The van der Waals surface area contributed by atoms with Crippen molar-refractivity contribution in [2.24, 2.45) is 0 Å². The summed E-state index contributed by atoms with van der Waals surface area (Å²) in [6.45, 7) is 6.74. The Bertz CT molecular complexity index is 1290. The Morgan fingerprint density at radius 3 is 2.58 bits per heavy atom. The van der Waals surface area contributed by atoms with Crippen LogP contribution in [0.1, 0.15) is 51.4 Å². The van der Waals surface area contributed by atoms with Gasteiger partial charge in [-0.15, -0.1) is 0 Å². The molecule has 0 unspecified atom stereocenters. The largest absolute Gasteiger partial charge is 0.444 e. The summed E-state index contributed by atoms with van der Waals surface area (Å²) in [5, 5.41) is 9.51. The Labute approximate surface area is 191 Å². The van der Waals surface area contributed by atoms with E-state index < -0.39 is 15.4 Å². The van der Waals surface area contributed by atoms with Gasteiger partial charge in [0.05, 0.1) is 29.3 Å². The molecule has 3 aromatic rings. The molecular weight excluding hydrogens is 446 g/mol. The SMILES string of the molecule is CC(C)(C)OC(=O)N1CCC(c2noc(-c3ccc4cnn(C5CS(=O)(=O)C5)c4c3)n2)CC1. The van der Waals surface area contributed by atoms with Crippen molar-refractivity contribution < 1.29 is 22.5 Å². The van der Waals surface area contributed by atoms with Crippen LogP contribution in [0.2, 0.25) is 0 Å². The van der Waals surface area contributed by atoms with Gasteiger partial charge in [-0.2, -0.15) is 10.1 Å². The molecule has 2 fully saturated rings. The number of hydrogen-bond donors (Lipinski definition) is 0. The van der Waals surface area contributed by atoms with Gasteiger partial charge in [0.2, 0.25) is 0 Å². The summed E-state index contributed by atoms with van der Waals surface area (Å²) in [7, 11) is -2.95. The molecule has 1 amide bonds. The van der Waals surface area contributed by atoms with Gasteiger partial charge in [-0.1, -0.05) is 11.2 Å². The first-order valence-corrected chi connectivity index (χ1v) is 12.9. The summed E-state index contributed by atoms with van der Waals surface area (Å²) in [4.78, 5) is 18.6. The third-order valence-corrected chi connectivity index (χ3v) is 7.82. The van der Waals surface area contributed by atoms with Gasteiger partial charge in [0, 0.05) is 30.0 Å². The second kappa shape index (κ2) is 7.82. The van der Waals surface area contributed by atoms with Crippen molar-refractivity contribution in [1.29, 1.82) is 0 Å². The van der Waals surface area contributed by atoms with Crippen molar-refractivity contribution in [3.05, 3.63) is 30.2 Å². The number of rotatable bonds is 3. The fraction of sp³-hybridized carbons (Fsp3) is 0.545. The van der Waals surface area contributed by atoms with Crippen molar-refractivity contribution in [2.45, 2.75) is 51.2 Å². The van der Waals surface area contributed by atoms with Gasteiger partial charge in [0.1, 0.15) is 5.60 Å². The van der Waals surface area contributed by atoms with E-state index in [2.05, 4.69) is 15.2 Å². The van der Waals surface area contributed by atoms with Gasteiger partial charge in [-0.3, -0.25) is 4.68 Å². The number of carbonyl (C=O) groups is 1. The molecule has 0 radical (unpaired) electrons. The Morgan fingerprint density at radius 2 is 1.91 bits per heavy atom. The molecule has 0 spiro atoms. The number of carbonyl (C=O) groups excluding carboxylic acids is 1. The van der Waals surface area contributed by atoms with Crippen LogP contribution in [0.5, 0.6) is 0 Å². The van der Waals surface area contributed by atoms with E-state index in [9.17, 15) is 13.2 Å². The van der Waals surface area contributed by atoms with Crippen LogP contribution >= 0.6 is 0 Å². The van der Waals surface area contributed by atoms with Gasteiger partial charge < -0.3 is 14.2 Å². The van der Waals surface area contributed by atoms with E-state index in [1.54, 1.807) is 15.8 Å². The van der Waals surface area contributed by atoms with E-state index in [1.807, 2.05) is 39.0 Å². The Kier molecular flexibility index (Phi) is 5.19. The maximum absolute atomic E-state index is 12.3. The van der Waals surface area contributed by atoms with Crippen LogP contribution in [-0.2, 0) is 14.6 Å². The average Bonchev–Trinajstić information content (AvgIpc) is 3.38. The summed E-state index contributed by atoms with van der Waals surface area (Å²) in [6.07, 6.45) is 2.92. The first-order valence-electron chi connectivity index (χ1n) is 11.1. The molecule has 2 aliphatic heterocycles. The lowest BCUT2D eigenvalue weighted by Gasteiger charge is -2.32. The zero-order valence-electron chi connectivity index (χ0n) is 18.9. The highest BCUT2D eigenvalue weighted by Crippen LogP contribution is 2.32. The van der Waals surface area contributed by atoms with Crippen LogP contribution in [0.3, 0.4) is 0 Å². The molecule has 0 N–H and O–H groups in total. The Morgan fingerprint density at radius 1 is 1.18 bits per heavy atom. The van der Waals surface area contributed by atoms with Crippen molar-refractivity contribution in [1.82, 2.24) is 24.8 Å². The number of ether oxygens (including phenoxy) is 1. The van der Waals surface area contributed by atoms with Crippen LogP contribution in [0, 0.1) is 0 Å². The molecule has 0 atom stereocenters. The monoisotopic (exact) mass is 473 g/mol. The lowest BCUT2D eigenvalue weighted by atomic mass is 9.96. The minimum Gasteiger partial charge on any atom is -0.444 e. The van der Waals surface area contributed by atoms with Crippen molar-refractivity contribution in [2.75, 3.05) is 24.6 Å². The maximum atomic E-state index is 12.3. The average molecular weight is 474 g/mol.